The molecular weight excluding hydrogens is 229 g/mol. The predicted molar refractivity (Wildman–Crippen MR) is 40.3 cm³/mol. The van der Waals surface area contributed by atoms with Crippen molar-refractivity contribution < 1.29 is 36.9 Å². The van der Waals surface area contributed by atoms with Gasteiger partial charge in [-0.25, -0.2) is 0 Å². The lowest BCUT2D eigenvalue weighted by Gasteiger charge is -1.94. The topological polar surface area (TPSA) is 97.5 Å². The van der Waals surface area contributed by atoms with Crippen LogP contribution in [0.25, 0.3) is 0 Å². The van der Waals surface area contributed by atoms with E-state index >= 15 is 0 Å². The van der Waals surface area contributed by atoms with Gasteiger partial charge in [0.25, 0.3) is 0 Å². The number of rotatable bonds is 0. The molecule has 0 radical (unpaired) electrons. The van der Waals surface area contributed by atoms with E-state index in [1.807, 2.05) is 0 Å². The third kappa shape index (κ3) is 243. The van der Waals surface area contributed by atoms with Crippen molar-refractivity contribution in [2.24, 2.45) is 0 Å². The van der Waals surface area contributed by atoms with Gasteiger partial charge in [-0.05, 0) is 0 Å². The van der Waals surface area contributed by atoms with Crippen LogP contribution >= 0.6 is 0 Å². The van der Waals surface area contributed by atoms with Crippen molar-refractivity contribution in [1.82, 2.24) is 0 Å². The molecule has 0 aromatic rings. The lowest BCUT2D eigenvalue weighted by atomic mass is 10.3. The highest BCUT2D eigenvalue weighted by Crippen LogP contribution is 2.06. The Morgan fingerprint density at radius 2 is 1.27 bits per heavy atom. The number of carbonyl (C=O) groups excluding carboxylic acids is 2. The van der Waals surface area contributed by atoms with Crippen molar-refractivity contribution >= 4 is 19.2 Å². The summed E-state index contributed by atoms with van der Waals surface area (Å²) in [5.41, 5.74) is 0. The molecule has 0 aliphatic heterocycles. The van der Waals surface area contributed by atoms with Crippen LogP contribution in [0.1, 0.15) is 13.8 Å². The van der Waals surface area contributed by atoms with Crippen LogP contribution in [0.5, 0.6) is 0 Å². The Morgan fingerprint density at radius 1 is 1.13 bits per heavy atom. The normalized spacial score (nSPS) is 8.40. The summed E-state index contributed by atoms with van der Waals surface area (Å²) in [7, 11) is -6.00. The Balaban J connectivity index is -0.000000158. The highest BCUT2D eigenvalue weighted by molar-refractivity contribution is 6.50. The molecule has 6 nitrogen and oxygen atoms in total. The maximum atomic E-state index is 9.81. The maximum absolute atomic E-state index is 9.81. The number of esters is 2. The van der Waals surface area contributed by atoms with Gasteiger partial charge in [-0.2, -0.15) is 0 Å². The molecule has 0 aromatic heterocycles. The first kappa shape index (κ1) is 19.0. The van der Waals surface area contributed by atoms with Gasteiger partial charge < -0.3 is 22.0 Å². The first-order chi connectivity index (χ1) is 6.54. The minimum Gasteiger partial charge on any atom is -0.418 e. The van der Waals surface area contributed by atoms with E-state index in [0.29, 0.717) is 0 Å². The third-order valence-electron chi connectivity index (χ3n) is 0.287. The van der Waals surface area contributed by atoms with Crippen molar-refractivity contribution in [3.8, 4) is 0 Å². The van der Waals surface area contributed by atoms with E-state index in [1.54, 1.807) is 0 Å². The molecule has 0 heterocycles. The van der Waals surface area contributed by atoms with Crippen LogP contribution in [0.3, 0.4) is 0 Å². The van der Waals surface area contributed by atoms with Gasteiger partial charge in [-0.15, -0.1) is 0 Å². The molecule has 0 amide bonds. The standard InChI is InChI=1S/C4H6O3.BF4.HNO2/c1-3(5)7-4(2)6;2-1(3,4)5;2-1-3/h1-2H3;;1H/q;-1;. The number of carbonyl (C=O) groups is 2. The molecule has 0 bridgehead atoms. The van der Waals surface area contributed by atoms with Gasteiger partial charge in [-0.3, -0.25) is 19.7 Å². The average Bonchev–Trinajstić information content (AvgIpc) is 1.79. The summed E-state index contributed by atoms with van der Waals surface area (Å²) in [6.45, 7) is 2.36. The number of halogens is 4. The van der Waals surface area contributed by atoms with Crippen molar-refractivity contribution in [2.75, 3.05) is 0 Å². The highest BCUT2D eigenvalue weighted by atomic mass is 19.5. The lowest BCUT2D eigenvalue weighted by molar-refractivity contribution is -0.398. The SMILES string of the molecule is CC(=O)OC(C)=O.F[B-](F)(F)F.O=[NH+][O-]. The molecule has 0 fully saturated rings. The van der Waals surface area contributed by atoms with E-state index in [1.165, 1.54) is 13.8 Å². The monoisotopic (exact) mass is 236 g/mol. The average molecular weight is 236 g/mol. The van der Waals surface area contributed by atoms with Gasteiger partial charge in [-0.1, -0.05) is 0 Å². The fraction of sp³-hybridized carbons (Fsp3) is 0.500. The summed E-state index contributed by atoms with van der Waals surface area (Å²) in [4.78, 5) is 27.7. The molecule has 0 aliphatic rings. The van der Waals surface area contributed by atoms with E-state index in [9.17, 15) is 26.9 Å². The van der Waals surface area contributed by atoms with Crippen molar-refractivity contribution in [3.05, 3.63) is 10.1 Å². The van der Waals surface area contributed by atoms with Crippen LogP contribution in [0.2, 0.25) is 0 Å². The molecule has 0 aliphatic carbocycles. The van der Waals surface area contributed by atoms with Gasteiger partial charge in [0.2, 0.25) is 0 Å². The second kappa shape index (κ2) is 10.4. The lowest BCUT2D eigenvalue weighted by Crippen LogP contribution is -2.53. The van der Waals surface area contributed by atoms with Crippen LogP contribution in [0.4, 0.5) is 17.3 Å². The molecule has 0 spiro atoms. The Kier molecular flexibility index (Phi) is 13.2. The van der Waals surface area contributed by atoms with Gasteiger partial charge in [0.1, 0.15) is 0 Å². The van der Waals surface area contributed by atoms with Crippen molar-refractivity contribution in [3.63, 3.8) is 0 Å². The molecule has 0 aromatic carbocycles. The zero-order chi connectivity index (χ0) is 13.1. The van der Waals surface area contributed by atoms with E-state index < -0.39 is 19.2 Å². The molecule has 15 heavy (non-hydrogen) atoms. The first-order valence-electron chi connectivity index (χ1n) is 3.10. The number of hydrogen-bond donors (Lipinski definition) is 1. The van der Waals surface area contributed by atoms with E-state index in [2.05, 4.69) is 4.74 Å². The van der Waals surface area contributed by atoms with Crippen LogP contribution in [-0.2, 0) is 14.3 Å². The third-order valence-corrected chi connectivity index (χ3v) is 0.287. The smallest absolute Gasteiger partial charge is 0.418 e. The Bertz CT molecular complexity index is 190. The summed E-state index contributed by atoms with van der Waals surface area (Å²) in [6.07, 6.45) is 0. The van der Waals surface area contributed by atoms with Gasteiger partial charge >= 0.3 is 19.2 Å². The minimum atomic E-state index is -6.00. The van der Waals surface area contributed by atoms with Gasteiger partial charge in [0, 0.05) is 19.2 Å². The molecule has 0 saturated carbocycles. The van der Waals surface area contributed by atoms with Crippen LogP contribution in [-0.4, -0.2) is 19.2 Å². The Hall–Kier alpha value is -1.68. The summed E-state index contributed by atoms with van der Waals surface area (Å²) >= 11 is 0. The summed E-state index contributed by atoms with van der Waals surface area (Å²) in [5, 5.41) is 8.38. The van der Waals surface area contributed by atoms with E-state index in [-0.39, 0.29) is 5.34 Å². The quantitative estimate of drug-likeness (QED) is 0.156. The number of ether oxygens (including phenoxy) is 1. The van der Waals surface area contributed by atoms with E-state index in [0.717, 1.165) is 0 Å². The Labute approximate surface area is 81.2 Å². The van der Waals surface area contributed by atoms with Crippen LogP contribution in [0.15, 0.2) is 0 Å². The van der Waals surface area contributed by atoms with Crippen LogP contribution < -0.4 is 5.34 Å². The largest absolute Gasteiger partial charge is 0.673 e. The number of hydrogen-bond acceptors (Lipinski definition) is 5. The summed E-state index contributed by atoms with van der Waals surface area (Å²) in [5.74, 6) is -1.12. The molecule has 0 rings (SSSR count). The number of nitrogens with one attached hydrogen (secondary N) is 1. The van der Waals surface area contributed by atoms with Crippen LogP contribution in [0, 0.1) is 10.1 Å². The zero-order valence-electron chi connectivity index (χ0n) is 7.63. The molecule has 11 heteroatoms. The van der Waals surface area contributed by atoms with Gasteiger partial charge in [0.05, 0.1) is 0 Å². The summed E-state index contributed by atoms with van der Waals surface area (Å²) in [6, 6.07) is 0. The van der Waals surface area contributed by atoms with Crippen molar-refractivity contribution in [1.29, 1.82) is 0 Å². The second-order valence-corrected chi connectivity index (χ2v) is 1.66. The van der Waals surface area contributed by atoms with Crippen molar-refractivity contribution in [2.45, 2.75) is 13.8 Å². The fourth-order valence-electron chi connectivity index (χ4n) is 0.202. The summed E-state index contributed by atoms with van der Waals surface area (Å²) < 4.78 is 43.0. The van der Waals surface area contributed by atoms with Gasteiger partial charge in [0.15, 0.2) is 0 Å². The second-order valence-electron chi connectivity index (χ2n) is 1.66. The molecule has 90 valence electrons. The first-order valence-corrected chi connectivity index (χ1v) is 3.10. The molecular formula is C4H7BF4NO5-. The minimum absolute atomic E-state index is 0.250. The fourth-order valence-corrected chi connectivity index (χ4v) is 0.202. The molecule has 0 unspecified atom stereocenters. The predicted octanol–water partition coefficient (Wildman–Crippen LogP) is -0.273. The molecule has 0 atom stereocenters. The van der Waals surface area contributed by atoms with E-state index in [4.69, 9.17) is 10.1 Å². The maximum Gasteiger partial charge on any atom is 0.673 e. The zero-order valence-corrected chi connectivity index (χ0v) is 7.63. The molecule has 0 saturated heterocycles. The Morgan fingerprint density at radius 3 is 1.27 bits per heavy atom. The molecule has 1 N–H and O–H groups in total. The highest BCUT2D eigenvalue weighted by Gasteiger charge is 2.20.